The summed E-state index contributed by atoms with van der Waals surface area (Å²) in [6.07, 6.45) is 8.10. The van der Waals surface area contributed by atoms with Gasteiger partial charge in [-0.1, -0.05) is 32.1 Å². The van der Waals surface area contributed by atoms with E-state index in [1.807, 2.05) is 37.3 Å². The zero-order chi connectivity index (χ0) is 23.6. The van der Waals surface area contributed by atoms with Gasteiger partial charge in [-0.3, -0.25) is 9.78 Å². The van der Waals surface area contributed by atoms with Crippen molar-refractivity contribution in [2.45, 2.75) is 39.7 Å². The van der Waals surface area contributed by atoms with Gasteiger partial charge in [-0.25, -0.2) is 8.78 Å². The van der Waals surface area contributed by atoms with Crippen molar-refractivity contribution in [2.75, 3.05) is 5.32 Å². The van der Waals surface area contributed by atoms with Gasteiger partial charge in [-0.2, -0.15) is 0 Å². The average molecular weight is 449 g/mol. The second kappa shape index (κ2) is 9.14. The largest absolute Gasteiger partial charge is 0.486 e. The van der Waals surface area contributed by atoms with Gasteiger partial charge in [0.2, 0.25) is 5.91 Å². The molecule has 33 heavy (non-hydrogen) atoms. The zero-order valence-corrected chi connectivity index (χ0v) is 18.9. The zero-order valence-electron chi connectivity index (χ0n) is 18.9. The van der Waals surface area contributed by atoms with Gasteiger partial charge in [0, 0.05) is 41.0 Å². The Morgan fingerprint density at radius 2 is 2.00 bits per heavy atom. The fourth-order valence-corrected chi connectivity index (χ4v) is 4.33. The molecule has 1 atom stereocenters. The number of nitrogens with one attached hydrogen (secondary N) is 1. The molecule has 0 aliphatic heterocycles. The van der Waals surface area contributed by atoms with E-state index >= 15 is 0 Å². The Morgan fingerprint density at radius 1 is 1.18 bits per heavy atom. The summed E-state index contributed by atoms with van der Waals surface area (Å²) in [4.78, 5) is 16.8. The summed E-state index contributed by atoms with van der Waals surface area (Å²) in [6, 6.07) is 11.1. The van der Waals surface area contributed by atoms with Crippen molar-refractivity contribution in [1.29, 1.82) is 0 Å². The normalized spacial score (nSPS) is 18.0. The molecule has 3 aromatic rings. The maximum Gasteiger partial charge on any atom is 0.248 e. The van der Waals surface area contributed by atoms with E-state index in [4.69, 9.17) is 4.74 Å². The Bertz CT molecular complexity index is 1260. The molecule has 0 saturated heterocycles. The van der Waals surface area contributed by atoms with Crippen molar-refractivity contribution in [2.24, 2.45) is 5.41 Å². The molecule has 1 aromatic heterocycles. The molecule has 0 spiro atoms. The molecule has 4 nitrogen and oxygen atoms in total. The highest BCUT2D eigenvalue weighted by molar-refractivity contribution is 6.06. The summed E-state index contributed by atoms with van der Waals surface area (Å²) in [5.41, 5.74) is 2.53. The first-order valence-corrected chi connectivity index (χ1v) is 10.9. The highest BCUT2D eigenvalue weighted by Crippen LogP contribution is 2.42. The molecule has 1 amide bonds. The first kappa shape index (κ1) is 22.6. The molecule has 1 N–H and O–H groups in total. The van der Waals surface area contributed by atoms with E-state index in [1.54, 1.807) is 12.4 Å². The Kier molecular flexibility index (Phi) is 6.27. The number of aromatic nitrogens is 1. The molecule has 1 aliphatic carbocycles. The minimum atomic E-state index is -0.939. The maximum atomic E-state index is 13.6. The number of halogens is 2. The van der Waals surface area contributed by atoms with Crippen LogP contribution in [-0.2, 0) is 4.79 Å². The molecule has 4 rings (SSSR count). The van der Waals surface area contributed by atoms with E-state index in [-0.39, 0.29) is 23.2 Å². The highest BCUT2D eigenvalue weighted by Gasteiger charge is 2.33. The van der Waals surface area contributed by atoms with Gasteiger partial charge in [0.1, 0.15) is 11.9 Å². The van der Waals surface area contributed by atoms with Crippen molar-refractivity contribution < 1.29 is 18.3 Å². The maximum absolute atomic E-state index is 13.6. The van der Waals surface area contributed by atoms with Gasteiger partial charge >= 0.3 is 0 Å². The van der Waals surface area contributed by atoms with Crippen molar-refractivity contribution >= 4 is 22.4 Å². The van der Waals surface area contributed by atoms with Crippen LogP contribution in [0.5, 0.6) is 5.75 Å². The summed E-state index contributed by atoms with van der Waals surface area (Å²) in [7, 11) is 0. The van der Waals surface area contributed by atoms with Crippen molar-refractivity contribution in [3.63, 3.8) is 0 Å². The molecule has 2 aromatic carbocycles. The van der Waals surface area contributed by atoms with Crippen LogP contribution in [0.4, 0.5) is 14.5 Å². The first-order chi connectivity index (χ1) is 15.7. The number of carbonyl (C=O) groups is 1. The van der Waals surface area contributed by atoms with Gasteiger partial charge in [0.05, 0.1) is 0 Å². The minimum Gasteiger partial charge on any atom is -0.486 e. The van der Waals surface area contributed by atoms with Gasteiger partial charge in [-0.05, 0) is 60.6 Å². The van der Waals surface area contributed by atoms with Crippen molar-refractivity contribution in [1.82, 2.24) is 4.98 Å². The summed E-state index contributed by atoms with van der Waals surface area (Å²) >= 11 is 0. The third-order valence-corrected chi connectivity index (χ3v) is 6.18. The van der Waals surface area contributed by atoms with Crippen LogP contribution in [0.25, 0.3) is 10.8 Å². The lowest BCUT2D eigenvalue weighted by molar-refractivity contribution is -0.111. The van der Waals surface area contributed by atoms with E-state index in [9.17, 15) is 13.6 Å². The number of carbonyl (C=O) groups excluding carboxylic acids is 1. The fourth-order valence-electron chi connectivity index (χ4n) is 4.33. The van der Waals surface area contributed by atoms with E-state index in [0.29, 0.717) is 0 Å². The molecule has 1 unspecified atom stereocenters. The number of ether oxygens (including phenoxy) is 1. The van der Waals surface area contributed by atoms with Crippen LogP contribution >= 0.6 is 0 Å². The van der Waals surface area contributed by atoms with E-state index in [2.05, 4.69) is 24.1 Å². The quantitative estimate of drug-likeness (QED) is 0.448. The smallest absolute Gasteiger partial charge is 0.248 e. The predicted octanol–water partition coefficient (Wildman–Crippen LogP) is 6.59. The van der Waals surface area contributed by atoms with Crippen LogP contribution in [0, 0.1) is 17.0 Å². The highest BCUT2D eigenvalue weighted by atomic mass is 19.2. The molecule has 1 aliphatic rings. The molecule has 0 radical (unpaired) electrons. The minimum absolute atomic E-state index is 0.153. The summed E-state index contributed by atoms with van der Waals surface area (Å²) in [5.74, 6) is -1.80. The lowest BCUT2D eigenvalue weighted by Gasteiger charge is -2.37. The summed E-state index contributed by atoms with van der Waals surface area (Å²) < 4.78 is 32.8. The third kappa shape index (κ3) is 4.95. The Morgan fingerprint density at radius 3 is 2.79 bits per heavy atom. The molecule has 0 fully saturated rings. The fraction of sp³-hybridized carbons (Fsp3) is 0.259. The van der Waals surface area contributed by atoms with Crippen LogP contribution < -0.4 is 10.1 Å². The van der Waals surface area contributed by atoms with Crippen LogP contribution in [-0.4, -0.2) is 17.0 Å². The number of amides is 1. The van der Waals surface area contributed by atoms with Crippen LogP contribution in [0.1, 0.15) is 33.6 Å². The molecule has 170 valence electrons. The summed E-state index contributed by atoms with van der Waals surface area (Å²) in [6.45, 7) is 6.21. The van der Waals surface area contributed by atoms with Crippen molar-refractivity contribution in [3.8, 4) is 5.75 Å². The number of hydrogen-bond donors (Lipinski definition) is 1. The lowest BCUT2D eigenvalue weighted by Crippen LogP contribution is -2.31. The molecule has 6 heteroatoms. The van der Waals surface area contributed by atoms with E-state index < -0.39 is 11.6 Å². The van der Waals surface area contributed by atoms with E-state index in [0.717, 1.165) is 52.6 Å². The Labute approximate surface area is 192 Å². The number of pyridine rings is 1. The van der Waals surface area contributed by atoms with Gasteiger partial charge in [0.25, 0.3) is 0 Å². The number of rotatable bonds is 5. The van der Waals surface area contributed by atoms with Crippen LogP contribution in [0.3, 0.4) is 0 Å². The first-order valence-electron chi connectivity index (χ1n) is 10.9. The topological polar surface area (TPSA) is 51.2 Å². The van der Waals surface area contributed by atoms with Gasteiger partial charge < -0.3 is 10.1 Å². The molecule has 0 saturated carbocycles. The molecule has 0 bridgehead atoms. The lowest BCUT2D eigenvalue weighted by atomic mass is 9.71. The number of allylic oxidation sites excluding steroid dienone is 2. The Balaban J connectivity index is 1.55. The second-order valence-electron chi connectivity index (χ2n) is 8.93. The molecule has 1 heterocycles. The number of nitrogens with zero attached hydrogens (tertiary/aromatic N) is 1. The van der Waals surface area contributed by atoms with Crippen LogP contribution in [0.15, 0.2) is 78.2 Å². The molecular formula is C27H26F2N2O2. The average Bonchev–Trinajstić information content (AvgIpc) is 2.78. The number of benzene rings is 2. The monoisotopic (exact) mass is 448 g/mol. The Hall–Kier alpha value is -3.54. The van der Waals surface area contributed by atoms with Crippen molar-refractivity contribution in [3.05, 3.63) is 89.8 Å². The molecular weight excluding hydrogens is 422 g/mol. The number of anilines is 1. The van der Waals surface area contributed by atoms with Crippen LogP contribution in [0.2, 0.25) is 0 Å². The van der Waals surface area contributed by atoms with Gasteiger partial charge in [0.15, 0.2) is 11.6 Å². The number of hydrogen-bond acceptors (Lipinski definition) is 3. The third-order valence-electron chi connectivity index (χ3n) is 6.18. The SMILES string of the molecule is CC1=C(/C=C/C(=O)Nc2cccc3cnccc23)C(C)(C)CCC1Oc1ccc(F)c(F)c1. The standard InChI is InChI=1S/C27H26F2N2O2/c1-17-21(8-10-26(32)31-24-6-4-5-18-16-30-14-12-20(18)24)27(2,3)13-11-25(17)33-19-7-9-22(28)23(29)15-19/h4-10,12,14-16,25H,11,13H2,1-3H3,(H,31,32)/b10-8+. The van der Waals surface area contributed by atoms with E-state index in [1.165, 1.54) is 12.1 Å². The predicted molar refractivity (Wildman–Crippen MR) is 126 cm³/mol. The number of fused-ring (bicyclic) bond motifs is 1. The van der Waals surface area contributed by atoms with Gasteiger partial charge in [-0.15, -0.1) is 0 Å². The summed E-state index contributed by atoms with van der Waals surface area (Å²) in [5, 5.41) is 4.81. The second-order valence-corrected chi connectivity index (χ2v) is 8.93.